The summed E-state index contributed by atoms with van der Waals surface area (Å²) in [7, 11) is -3.36. The summed E-state index contributed by atoms with van der Waals surface area (Å²) < 4.78 is 26.9. The zero-order chi connectivity index (χ0) is 22.4. The van der Waals surface area contributed by atoms with Crippen molar-refractivity contribution in [1.29, 1.82) is 0 Å². The van der Waals surface area contributed by atoms with Gasteiger partial charge in [0, 0.05) is 44.3 Å². The van der Waals surface area contributed by atoms with Crippen LogP contribution in [0.2, 0.25) is 0 Å². The van der Waals surface area contributed by atoms with Gasteiger partial charge in [0.2, 0.25) is 15.9 Å². The van der Waals surface area contributed by atoms with Crippen LogP contribution in [0.5, 0.6) is 0 Å². The summed E-state index contributed by atoms with van der Waals surface area (Å²) in [6, 6.07) is 17.7. The quantitative estimate of drug-likeness (QED) is 0.693. The smallest absolute Gasteiger partial charge is 0.223 e. The Kier molecular flexibility index (Phi) is 7.48. The van der Waals surface area contributed by atoms with Crippen LogP contribution in [0, 0.1) is 5.92 Å². The van der Waals surface area contributed by atoms with Gasteiger partial charge >= 0.3 is 0 Å². The predicted molar refractivity (Wildman–Crippen MR) is 128 cm³/mol. The zero-order valence-electron chi connectivity index (χ0n) is 18.6. The van der Waals surface area contributed by atoms with E-state index in [2.05, 4.69) is 34.5 Å². The van der Waals surface area contributed by atoms with Gasteiger partial charge in [-0.15, -0.1) is 0 Å². The number of sulfonamides is 1. The molecule has 7 heteroatoms. The molecule has 2 heterocycles. The maximum absolute atomic E-state index is 12.7. The summed E-state index contributed by atoms with van der Waals surface area (Å²) in [6.45, 7) is 3.55. The Morgan fingerprint density at radius 1 is 0.844 bits per heavy atom. The van der Waals surface area contributed by atoms with Crippen LogP contribution in [0.3, 0.4) is 0 Å². The van der Waals surface area contributed by atoms with Gasteiger partial charge in [-0.05, 0) is 55.4 Å². The molecule has 6 nitrogen and oxygen atoms in total. The number of hydrogen-bond acceptors (Lipinski definition) is 4. The van der Waals surface area contributed by atoms with E-state index in [1.165, 1.54) is 29.3 Å². The fraction of sp³-hybridized carbons (Fsp3) is 0.480. The number of anilines is 1. The molecule has 4 rings (SSSR count). The third-order valence-corrected chi connectivity index (χ3v) is 8.38. The van der Waals surface area contributed by atoms with Crippen molar-refractivity contribution in [2.24, 2.45) is 5.92 Å². The normalized spacial score (nSPS) is 18.4. The van der Waals surface area contributed by atoms with E-state index >= 15 is 0 Å². The lowest BCUT2D eigenvalue weighted by Gasteiger charge is -2.30. The van der Waals surface area contributed by atoms with E-state index in [1.54, 1.807) is 0 Å². The molecule has 2 aromatic rings. The van der Waals surface area contributed by atoms with Gasteiger partial charge < -0.3 is 10.2 Å². The largest absolute Gasteiger partial charge is 0.372 e. The van der Waals surface area contributed by atoms with E-state index in [9.17, 15) is 13.2 Å². The van der Waals surface area contributed by atoms with Crippen molar-refractivity contribution >= 4 is 21.6 Å². The maximum Gasteiger partial charge on any atom is 0.223 e. The third-order valence-electron chi connectivity index (χ3n) is 6.53. The molecule has 0 atom stereocenters. The summed E-state index contributed by atoms with van der Waals surface area (Å²) in [4.78, 5) is 15.1. The van der Waals surface area contributed by atoms with Crippen molar-refractivity contribution in [2.75, 3.05) is 31.1 Å². The van der Waals surface area contributed by atoms with Gasteiger partial charge in [0.15, 0.2) is 0 Å². The second kappa shape index (κ2) is 10.5. The Morgan fingerprint density at radius 3 is 2.16 bits per heavy atom. The summed E-state index contributed by atoms with van der Waals surface area (Å²) in [6.07, 6.45) is 4.95. The van der Waals surface area contributed by atoms with Gasteiger partial charge in [-0.25, -0.2) is 12.7 Å². The standard InChI is InChI=1S/C25H33N3O3S/c29-25(26-19-21-9-11-24(12-10-21)27-15-5-2-6-16-27)23-13-17-28(18-14-23)32(30,31)20-22-7-3-1-4-8-22/h1,3-4,7-12,23H,2,5-6,13-20H2,(H,26,29). The van der Waals surface area contributed by atoms with Crippen LogP contribution in [-0.4, -0.2) is 44.8 Å². The highest BCUT2D eigenvalue weighted by atomic mass is 32.2. The molecule has 0 aliphatic carbocycles. The van der Waals surface area contributed by atoms with Gasteiger partial charge in [0.1, 0.15) is 0 Å². The number of rotatable bonds is 7. The molecule has 1 N–H and O–H groups in total. The van der Waals surface area contributed by atoms with Gasteiger partial charge in [-0.3, -0.25) is 4.79 Å². The molecule has 2 aliphatic heterocycles. The van der Waals surface area contributed by atoms with E-state index in [0.29, 0.717) is 32.5 Å². The van der Waals surface area contributed by atoms with E-state index in [4.69, 9.17) is 0 Å². The van der Waals surface area contributed by atoms with E-state index in [1.807, 2.05) is 30.3 Å². The van der Waals surface area contributed by atoms with Gasteiger partial charge in [0.25, 0.3) is 0 Å². The SMILES string of the molecule is O=C(NCc1ccc(N2CCCCC2)cc1)C1CCN(S(=O)(=O)Cc2ccccc2)CC1. The van der Waals surface area contributed by atoms with Gasteiger partial charge in [-0.2, -0.15) is 0 Å². The molecule has 0 bridgehead atoms. The minimum atomic E-state index is -3.36. The van der Waals surface area contributed by atoms with Crippen LogP contribution >= 0.6 is 0 Å². The maximum atomic E-state index is 12.7. The molecule has 172 valence electrons. The molecule has 2 saturated heterocycles. The van der Waals surface area contributed by atoms with Crippen LogP contribution < -0.4 is 10.2 Å². The van der Waals surface area contributed by atoms with Gasteiger partial charge in [-0.1, -0.05) is 42.5 Å². The first kappa shape index (κ1) is 22.8. The monoisotopic (exact) mass is 455 g/mol. The first-order chi connectivity index (χ1) is 15.5. The molecule has 0 saturated carbocycles. The summed E-state index contributed by atoms with van der Waals surface area (Å²) in [5.41, 5.74) is 3.13. The number of carbonyl (C=O) groups excluding carboxylic acids is 1. The average Bonchev–Trinajstić information content (AvgIpc) is 2.84. The zero-order valence-corrected chi connectivity index (χ0v) is 19.4. The van der Waals surface area contributed by atoms with Crippen molar-refractivity contribution in [3.8, 4) is 0 Å². The van der Waals surface area contributed by atoms with E-state index < -0.39 is 10.0 Å². The molecule has 2 aliphatic rings. The van der Waals surface area contributed by atoms with Crippen LogP contribution in [0.4, 0.5) is 5.69 Å². The fourth-order valence-corrected chi connectivity index (χ4v) is 6.15. The summed E-state index contributed by atoms with van der Waals surface area (Å²) >= 11 is 0. The number of benzene rings is 2. The van der Waals surface area contributed by atoms with Gasteiger partial charge in [0.05, 0.1) is 5.75 Å². The van der Waals surface area contributed by atoms with Crippen molar-refractivity contribution in [3.63, 3.8) is 0 Å². The number of nitrogens with zero attached hydrogens (tertiary/aromatic N) is 2. The Morgan fingerprint density at radius 2 is 1.50 bits per heavy atom. The number of hydrogen-bond donors (Lipinski definition) is 1. The number of piperidine rings is 2. The van der Waals surface area contributed by atoms with Crippen LogP contribution in [0.1, 0.15) is 43.2 Å². The first-order valence-electron chi connectivity index (χ1n) is 11.6. The average molecular weight is 456 g/mol. The number of amides is 1. The molecule has 2 aromatic carbocycles. The topological polar surface area (TPSA) is 69.7 Å². The predicted octanol–water partition coefficient (Wildman–Crippen LogP) is 3.54. The molecule has 2 fully saturated rings. The molecule has 0 spiro atoms. The minimum Gasteiger partial charge on any atom is -0.372 e. The number of nitrogens with one attached hydrogen (secondary N) is 1. The second-order valence-corrected chi connectivity index (χ2v) is 10.8. The molecular formula is C25H33N3O3S. The minimum absolute atomic E-state index is 0.0120. The Bertz CT molecular complexity index is 979. The van der Waals surface area contributed by atoms with E-state index in [-0.39, 0.29) is 17.6 Å². The molecule has 0 aromatic heterocycles. The van der Waals surface area contributed by atoms with Crippen molar-refractivity contribution in [2.45, 2.75) is 44.4 Å². The Balaban J connectivity index is 1.23. The van der Waals surface area contributed by atoms with Crippen molar-refractivity contribution in [1.82, 2.24) is 9.62 Å². The lowest BCUT2D eigenvalue weighted by atomic mass is 9.97. The fourth-order valence-electron chi connectivity index (χ4n) is 4.58. The van der Waals surface area contributed by atoms with Crippen molar-refractivity contribution in [3.05, 3.63) is 65.7 Å². The van der Waals surface area contributed by atoms with Crippen LogP contribution in [0.25, 0.3) is 0 Å². The second-order valence-electron chi connectivity index (χ2n) is 8.85. The highest BCUT2D eigenvalue weighted by Gasteiger charge is 2.31. The summed E-state index contributed by atoms with van der Waals surface area (Å²) in [5.74, 6) is -0.103. The highest BCUT2D eigenvalue weighted by Crippen LogP contribution is 2.23. The third kappa shape index (κ3) is 5.90. The molecule has 32 heavy (non-hydrogen) atoms. The molecular weight excluding hydrogens is 422 g/mol. The molecule has 1 amide bonds. The Hall–Kier alpha value is -2.38. The molecule has 0 radical (unpaired) electrons. The van der Waals surface area contributed by atoms with Crippen LogP contribution in [-0.2, 0) is 27.1 Å². The number of carbonyl (C=O) groups is 1. The molecule has 0 unspecified atom stereocenters. The first-order valence-corrected chi connectivity index (χ1v) is 13.3. The Labute approximate surface area is 191 Å². The lowest BCUT2D eigenvalue weighted by Crippen LogP contribution is -2.43. The van der Waals surface area contributed by atoms with Crippen molar-refractivity contribution < 1.29 is 13.2 Å². The lowest BCUT2D eigenvalue weighted by molar-refractivity contribution is -0.126. The van der Waals surface area contributed by atoms with Crippen LogP contribution in [0.15, 0.2) is 54.6 Å². The highest BCUT2D eigenvalue weighted by molar-refractivity contribution is 7.88. The van der Waals surface area contributed by atoms with E-state index in [0.717, 1.165) is 24.2 Å². The summed E-state index contributed by atoms with van der Waals surface area (Å²) in [5, 5.41) is 3.04.